The van der Waals surface area contributed by atoms with Crippen LogP contribution in [-0.4, -0.2) is 61.2 Å². The van der Waals surface area contributed by atoms with Gasteiger partial charge in [-0.1, -0.05) is 16.8 Å². The van der Waals surface area contributed by atoms with Crippen molar-refractivity contribution in [2.24, 2.45) is 0 Å². The van der Waals surface area contributed by atoms with Crippen molar-refractivity contribution in [1.29, 1.82) is 0 Å². The monoisotopic (exact) mass is 396 g/mol. The molecule has 1 aromatic carbocycles. The van der Waals surface area contributed by atoms with E-state index in [2.05, 4.69) is 5.16 Å². The third-order valence-corrected chi connectivity index (χ3v) is 6.61. The lowest BCUT2D eigenvalue weighted by molar-refractivity contribution is -0.142. The molecule has 0 radical (unpaired) electrons. The predicted octanol–water partition coefficient (Wildman–Crippen LogP) is 1.56. The molecular formula is C17H17ClN2O5S. The topological polar surface area (TPSA) is 89.7 Å². The Morgan fingerprint density at radius 3 is 2.81 bits per heavy atom. The van der Waals surface area contributed by atoms with Gasteiger partial charge in [-0.25, -0.2) is 8.42 Å². The summed E-state index contributed by atoms with van der Waals surface area (Å²) in [6.07, 6.45) is -0.375. The highest BCUT2D eigenvalue weighted by Gasteiger charge is 2.45. The maximum absolute atomic E-state index is 12.7. The van der Waals surface area contributed by atoms with Gasteiger partial charge in [-0.15, -0.1) is 0 Å². The zero-order valence-electron chi connectivity index (χ0n) is 13.8. The van der Waals surface area contributed by atoms with Gasteiger partial charge in [0.05, 0.1) is 42.4 Å². The number of carbonyl (C=O) groups excluding carboxylic acids is 1. The first kappa shape index (κ1) is 17.5. The van der Waals surface area contributed by atoms with Crippen LogP contribution < -0.4 is 0 Å². The van der Waals surface area contributed by atoms with E-state index in [1.807, 2.05) is 12.1 Å². The summed E-state index contributed by atoms with van der Waals surface area (Å²) in [4.78, 5) is 14.3. The summed E-state index contributed by atoms with van der Waals surface area (Å²) in [5, 5.41) is 4.58. The van der Waals surface area contributed by atoms with Crippen LogP contribution in [0.5, 0.6) is 0 Å². The van der Waals surface area contributed by atoms with Gasteiger partial charge >= 0.3 is 0 Å². The molecular weight excluding hydrogens is 380 g/mol. The maximum Gasteiger partial charge on any atom is 0.229 e. The summed E-state index contributed by atoms with van der Waals surface area (Å²) in [6, 6.07) is 8.42. The van der Waals surface area contributed by atoms with Crippen molar-refractivity contribution in [3.63, 3.8) is 0 Å². The first-order chi connectivity index (χ1) is 12.4. The molecule has 4 rings (SSSR count). The van der Waals surface area contributed by atoms with Gasteiger partial charge in [-0.05, 0) is 24.3 Å². The largest absolute Gasteiger partial charge is 0.373 e. The Morgan fingerprint density at radius 1 is 1.27 bits per heavy atom. The zero-order valence-corrected chi connectivity index (χ0v) is 15.4. The second-order valence-electron chi connectivity index (χ2n) is 6.51. The van der Waals surface area contributed by atoms with Gasteiger partial charge in [-0.3, -0.25) is 4.79 Å². The van der Waals surface area contributed by atoms with Crippen molar-refractivity contribution in [2.75, 3.05) is 24.7 Å². The Labute approximate surface area is 155 Å². The fourth-order valence-corrected chi connectivity index (χ4v) is 5.42. The molecule has 0 N–H and O–H groups in total. The minimum absolute atomic E-state index is 0.0217. The molecule has 2 aliphatic rings. The van der Waals surface area contributed by atoms with Crippen molar-refractivity contribution >= 4 is 27.3 Å². The van der Waals surface area contributed by atoms with E-state index in [1.54, 1.807) is 23.1 Å². The van der Waals surface area contributed by atoms with Gasteiger partial charge < -0.3 is 14.2 Å². The molecule has 0 spiro atoms. The number of fused-ring (bicyclic) bond motifs is 1. The third kappa shape index (κ3) is 3.49. The lowest BCUT2D eigenvalue weighted by Gasteiger charge is -2.36. The Bertz CT molecular complexity index is 925. The van der Waals surface area contributed by atoms with E-state index in [4.69, 9.17) is 20.9 Å². The highest BCUT2D eigenvalue weighted by Crippen LogP contribution is 2.26. The summed E-state index contributed by atoms with van der Waals surface area (Å²) in [5.41, 5.74) is 1.32. The molecule has 3 heterocycles. The second kappa shape index (κ2) is 6.68. The van der Waals surface area contributed by atoms with Gasteiger partial charge in [0.2, 0.25) is 5.91 Å². The van der Waals surface area contributed by atoms with Crippen LogP contribution in [0.3, 0.4) is 0 Å². The molecule has 7 nitrogen and oxygen atoms in total. The number of rotatable bonds is 3. The van der Waals surface area contributed by atoms with Gasteiger partial charge in [0, 0.05) is 23.2 Å². The number of ether oxygens (including phenoxy) is 1. The van der Waals surface area contributed by atoms with Crippen LogP contribution in [0, 0.1) is 0 Å². The molecule has 26 heavy (non-hydrogen) atoms. The van der Waals surface area contributed by atoms with Crippen LogP contribution in [0.4, 0.5) is 0 Å². The molecule has 0 aliphatic carbocycles. The summed E-state index contributed by atoms with van der Waals surface area (Å²) in [6.45, 7) is 0.731. The molecule has 1 amide bonds. The number of aromatic nitrogens is 1. The quantitative estimate of drug-likeness (QED) is 0.782. The van der Waals surface area contributed by atoms with Crippen molar-refractivity contribution in [1.82, 2.24) is 10.1 Å². The number of hydrogen-bond acceptors (Lipinski definition) is 6. The highest BCUT2D eigenvalue weighted by atomic mass is 35.5. The predicted molar refractivity (Wildman–Crippen MR) is 94.5 cm³/mol. The number of sulfone groups is 1. The smallest absolute Gasteiger partial charge is 0.229 e. The molecule has 2 saturated heterocycles. The van der Waals surface area contributed by atoms with Crippen LogP contribution >= 0.6 is 11.6 Å². The first-order valence-corrected chi connectivity index (χ1v) is 10.4. The first-order valence-electron chi connectivity index (χ1n) is 8.24. The lowest BCUT2D eigenvalue weighted by atomic mass is 10.1. The summed E-state index contributed by atoms with van der Waals surface area (Å²) >= 11 is 5.87. The van der Waals surface area contributed by atoms with Gasteiger partial charge in [0.25, 0.3) is 0 Å². The van der Waals surface area contributed by atoms with Crippen LogP contribution in [-0.2, 0) is 25.8 Å². The number of amides is 1. The Hall–Kier alpha value is -1.90. The molecule has 138 valence electrons. The second-order valence-corrected chi connectivity index (χ2v) is 9.10. The minimum Gasteiger partial charge on any atom is -0.373 e. The van der Waals surface area contributed by atoms with E-state index in [1.165, 1.54) is 0 Å². The molecule has 2 aromatic rings. The Kier molecular flexibility index (Phi) is 4.50. The highest BCUT2D eigenvalue weighted by molar-refractivity contribution is 7.91. The SMILES string of the molecule is O=C(Cc1cc(-c2ccc(Cl)cc2)on1)N1CCOC2CS(=O)(=O)CC21. The van der Waals surface area contributed by atoms with E-state index in [0.717, 1.165) is 5.56 Å². The molecule has 2 unspecified atom stereocenters. The van der Waals surface area contributed by atoms with E-state index in [-0.39, 0.29) is 23.8 Å². The molecule has 0 saturated carbocycles. The number of hydrogen-bond donors (Lipinski definition) is 0. The molecule has 1 aromatic heterocycles. The Morgan fingerprint density at radius 2 is 2.04 bits per heavy atom. The van der Waals surface area contributed by atoms with Crippen LogP contribution in [0.2, 0.25) is 5.02 Å². The standard InChI is InChI=1S/C17H17ClN2O5S/c18-12-3-1-11(2-4-12)15-7-13(19-25-15)8-17(21)20-5-6-24-16-10-26(22,23)9-14(16)20/h1-4,7,14,16H,5-6,8-10H2. The average molecular weight is 397 g/mol. The van der Waals surface area contributed by atoms with Gasteiger partial charge in [0.15, 0.2) is 15.6 Å². The fraction of sp³-hybridized carbons (Fsp3) is 0.412. The number of morpholine rings is 1. The number of nitrogens with zero attached hydrogens (tertiary/aromatic N) is 2. The fourth-order valence-electron chi connectivity index (χ4n) is 3.43. The molecule has 9 heteroatoms. The molecule has 2 aliphatic heterocycles. The van der Waals surface area contributed by atoms with E-state index >= 15 is 0 Å². The van der Waals surface area contributed by atoms with E-state index in [9.17, 15) is 13.2 Å². The van der Waals surface area contributed by atoms with E-state index < -0.39 is 22.0 Å². The van der Waals surface area contributed by atoms with Crippen LogP contribution in [0.15, 0.2) is 34.9 Å². The minimum atomic E-state index is -3.17. The number of carbonyl (C=O) groups is 1. The van der Waals surface area contributed by atoms with Crippen molar-refractivity contribution in [3.8, 4) is 11.3 Å². The summed E-state index contributed by atoms with van der Waals surface area (Å²) in [5.74, 6) is 0.314. The van der Waals surface area contributed by atoms with Crippen molar-refractivity contribution in [2.45, 2.75) is 18.6 Å². The zero-order chi connectivity index (χ0) is 18.3. The van der Waals surface area contributed by atoms with Gasteiger partial charge in [0.1, 0.15) is 0 Å². The van der Waals surface area contributed by atoms with Crippen molar-refractivity contribution in [3.05, 3.63) is 41.0 Å². The maximum atomic E-state index is 12.7. The Balaban J connectivity index is 1.47. The third-order valence-electron chi connectivity index (χ3n) is 4.68. The molecule has 2 fully saturated rings. The summed E-state index contributed by atoms with van der Waals surface area (Å²) < 4.78 is 34.5. The number of benzene rings is 1. The van der Waals surface area contributed by atoms with Crippen LogP contribution in [0.1, 0.15) is 5.69 Å². The normalized spacial score (nSPS) is 24.4. The molecule has 0 bridgehead atoms. The van der Waals surface area contributed by atoms with Gasteiger partial charge in [-0.2, -0.15) is 0 Å². The van der Waals surface area contributed by atoms with Crippen LogP contribution in [0.25, 0.3) is 11.3 Å². The number of halogens is 1. The lowest BCUT2D eigenvalue weighted by Crippen LogP contribution is -2.53. The molecule has 2 atom stereocenters. The van der Waals surface area contributed by atoms with E-state index in [0.29, 0.717) is 29.6 Å². The van der Waals surface area contributed by atoms with Crippen molar-refractivity contribution < 1.29 is 22.5 Å². The average Bonchev–Trinajstić information content (AvgIpc) is 3.17. The summed E-state index contributed by atoms with van der Waals surface area (Å²) in [7, 11) is -3.17.